The van der Waals surface area contributed by atoms with Gasteiger partial charge in [-0.3, -0.25) is 0 Å². The average Bonchev–Trinajstić information content (AvgIpc) is 2.72. The molecule has 3 unspecified atom stereocenters. The molecule has 18 heavy (non-hydrogen) atoms. The van der Waals surface area contributed by atoms with Gasteiger partial charge in [0.2, 0.25) is 0 Å². The molecule has 0 spiro atoms. The van der Waals surface area contributed by atoms with Crippen LogP contribution in [0.3, 0.4) is 0 Å². The number of halogens is 2. The lowest BCUT2D eigenvalue weighted by Gasteiger charge is -2.21. The molecule has 3 heteroatoms. The first kappa shape index (κ1) is 13.8. The third-order valence-electron chi connectivity index (χ3n) is 4.34. The van der Waals surface area contributed by atoms with Gasteiger partial charge in [0.15, 0.2) is 0 Å². The summed E-state index contributed by atoms with van der Waals surface area (Å²) in [6.45, 7) is 5.22. The number of hydrogen-bond acceptors (Lipinski definition) is 1. The van der Waals surface area contributed by atoms with Gasteiger partial charge < -0.3 is 5.32 Å². The van der Waals surface area contributed by atoms with Gasteiger partial charge in [0.1, 0.15) is 5.82 Å². The monoisotopic (exact) mass is 269 g/mol. The van der Waals surface area contributed by atoms with Crippen molar-refractivity contribution in [1.82, 2.24) is 5.32 Å². The first-order valence-corrected chi connectivity index (χ1v) is 7.17. The Bertz CT molecular complexity index is 407. The molecule has 1 saturated carbocycles. The Morgan fingerprint density at radius 2 is 2.17 bits per heavy atom. The topological polar surface area (TPSA) is 12.0 Å². The molecule has 1 fully saturated rings. The zero-order chi connectivity index (χ0) is 13.1. The Hall–Kier alpha value is -0.600. The first-order chi connectivity index (χ1) is 8.63. The predicted molar refractivity (Wildman–Crippen MR) is 74.2 cm³/mol. The summed E-state index contributed by atoms with van der Waals surface area (Å²) in [4.78, 5) is 0. The van der Waals surface area contributed by atoms with E-state index in [1.807, 2.05) is 6.07 Å². The van der Waals surface area contributed by atoms with Crippen LogP contribution in [-0.4, -0.2) is 6.04 Å². The van der Waals surface area contributed by atoms with E-state index >= 15 is 0 Å². The number of rotatable bonds is 4. The molecule has 1 nitrogen and oxygen atoms in total. The Morgan fingerprint density at radius 3 is 2.83 bits per heavy atom. The fourth-order valence-corrected chi connectivity index (χ4v) is 3.23. The molecule has 1 aliphatic carbocycles. The van der Waals surface area contributed by atoms with Crippen molar-refractivity contribution in [2.75, 3.05) is 0 Å². The molecule has 0 aliphatic heterocycles. The lowest BCUT2D eigenvalue weighted by atomic mass is 9.93. The normalized spacial score (nSPS) is 27.7. The van der Waals surface area contributed by atoms with Gasteiger partial charge in [-0.15, -0.1) is 0 Å². The van der Waals surface area contributed by atoms with Crippen LogP contribution in [0.5, 0.6) is 0 Å². The lowest BCUT2D eigenvalue weighted by molar-refractivity contribution is 0.344. The first-order valence-electron chi connectivity index (χ1n) is 6.79. The highest BCUT2D eigenvalue weighted by atomic mass is 35.5. The molecule has 0 saturated heterocycles. The third kappa shape index (κ3) is 2.86. The van der Waals surface area contributed by atoms with Crippen molar-refractivity contribution >= 4 is 11.6 Å². The fourth-order valence-electron chi connectivity index (χ4n) is 3.04. The smallest absolute Gasteiger partial charge is 0.142 e. The second kappa shape index (κ2) is 6.03. The van der Waals surface area contributed by atoms with Crippen LogP contribution in [0.2, 0.25) is 5.02 Å². The minimum absolute atomic E-state index is 0.252. The second-order valence-electron chi connectivity index (χ2n) is 5.31. The lowest BCUT2D eigenvalue weighted by Crippen LogP contribution is -2.32. The van der Waals surface area contributed by atoms with Crippen LogP contribution in [0.25, 0.3) is 0 Å². The highest BCUT2D eigenvalue weighted by Crippen LogP contribution is 2.34. The van der Waals surface area contributed by atoms with Crippen LogP contribution in [0.15, 0.2) is 18.2 Å². The maximum absolute atomic E-state index is 13.3. The van der Waals surface area contributed by atoms with Gasteiger partial charge in [0.05, 0.1) is 5.02 Å². The van der Waals surface area contributed by atoms with E-state index in [0.29, 0.717) is 18.5 Å². The van der Waals surface area contributed by atoms with Crippen molar-refractivity contribution in [1.29, 1.82) is 0 Å². The highest BCUT2D eigenvalue weighted by molar-refractivity contribution is 6.31. The van der Waals surface area contributed by atoms with Crippen molar-refractivity contribution in [3.8, 4) is 0 Å². The molecule has 2 rings (SSSR count). The molecular formula is C15H21ClFN. The molecule has 1 aliphatic rings. The van der Waals surface area contributed by atoms with E-state index in [4.69, 9.17) is 11.6 Å². The predicted octanol–water partition coefficient (Wildman–Crippen LogP) is 4.39. The van der Waals surface area contributed by atoms with Gasteiger partial charge >= 0.3 is 0 Å². The maximum Gasteiger partial charge on any atom is 0.142 e. The van der Waals surface area contributed by atoms with E-state index in [1.165, 1.54) is 25.3 Å². The summed E-state index contributed by atoms with van der Waals surface area (Å²) in [7, 11) is 0. The quantitative estimate of drug-likeness (QED) is 0.855. The number of benzene rings is 1. The van der Waals surface area contributed by atoms with Gasteiger partial charge in [-0.25, -0.2) is 4.39 Å². The molecule has 0 amide bonds. The summed E-state index contributed by atoms with van der Waals surface area (Å²) in [5, 5.41) is 3.78. The van der Waals surface area contributed by atoms with E-state index in [1.54, 1.807) is 6.07 Å². The van der Waals surface area contributed by atoms with Gasteiger partial charge in [0.25, 0.3) is 0 Å². The zero-order valence-electron chi connectivity index (χ0n) is 11.0. The van der Waals surface area contributed by atoms with Crippen LogP contribution in [-0.2, 0) is 6.54 Å². The number of nitrogens with one attached hydrogen (secondary N) is 1. The molecule has 0 aromatic heterocycles. The van der Waals surface area contributed by atoms with E-state index in [0.717, 1.165) is 11.5 Å². The zero-order valence-corrected chi connectivity index (χ0v) is 11.8. The highest BCUT2D eigenvalue weighted by Gasteiger charge is 2.30. The standard InChI is InChI=1S/C15H21ClFN/c1-3-11-7-8-14(10(11)2)18-9-12-5-4-6-13(17)15(12)16/h4-6,10-11,14,18H,3,7-9H2,1-2H3. The SMILES string of the molecule is CCC1CCC(NCc2cccc(F)c2Cl)C1C. The summed E-state index contributed by atoms with van der Waals surface area (Å²) in [6, 6.07) is 5.53. The fraction of sp³-hybridized carbons (Fsp3) is 0.600. The average molecular weight is 270 g/mol. The minimum atomic E-state index is -0.332. The summed E-state index contributed by atoms with van der Waals surface area (Å²) in [6.07, 6.45) is 3.76. The summed E-state index contributed by atoms with van der Waals surface area (Å²) >= 11 is 5.96. The molecule has 100 valence electrons. The van der Waals surface area contributed by atoms with E-state index < -0.39 is 0 Å². The minimum Gasteiger partial charge on any atom is -0.310 e. The maximum atomic E-state index is 13.3. The number of hydrogen-bond donors (Lipinski definition) is 1. The van der Waals surface area contributed by atoms with Gasteiger partial charge in [0, 0.05) is 12.6 Å². The van der Waals surface area contributed by atoms with Crippen molar-refractivity contribution in [3.63, 3.8) is 0 Å². The molecule has 1 N–H and O–H groups in total. The summed E-state index contributed by atoms with van der Waals surface area (Å²) < 4.78 is 13.3. The molecule has 0 heterocycles. The molecular weight excluding hydrogens is 249 g/mol. The van der Waals surface area contributed by atoms with E-state index in [2.05, 4.69) is 19.2 Å². The second-order valence-corrected chi connectivity index (χ2v) is 5.68. The Labute approximate surface area is 114 Å². The molecule has 3 atom stereocenters. The van der Waals surface area contributed by atoms with Crippen molar-refractivity contribution in [2.45, 2.75) is 45.7 Å². The van der Waals surface area contributed by atoms with Gasteiger partial charge in [-0.2, -0.15) is 0 Å². The Morgan fingerprint density at radius 1 is 1.39 bits per heavy atom. The van der Waals surface area contributed by atoms with Crippen LogP contribution in [0.4, 0.5) is 4.39 Å². The van der Waals surface area contributed by atoms with E-state index in [9.17, 15) is 4.39 Å². The molecule has 0 bridgehead atoms. The van der Waals surface area contributed by atoms with Gasteiger partial charge in [-0.05, 0) is 36.3 Å². The largest absolute Gasteiger partial charge is 0.310 e. The van der Waals surface area contributed by atoms with Crippen molar-refractivity contribution < 1.29 is 4.39 Å². The van der Waals surface area contributed by atoms with Crippen molar-refractivity contribution in [2.24, 2.45) is 11.8 Å². The van der Waals surface area contributed by atoms with Crippen LogP contribution < -0.4 is 5.32 Å². The van der Waals surface area contributed by atoms with Crippen molar-refractivity contribution in [3.05, 3.63) is 34.6 Å². The Balaban J connectivity index is 1.94. The molecule has 0 radical (unpaired) electrons. The summed E-state index contributed by atoms with van der Waals surface area (Å²) in [5.74, 6) is 1.19. The van der Waals surface area contributed by atoms with Gasteiger partial charge in [-0.1, -0.05) is 44.0 Å². The van der Waals surface area contributed by atoms with Crippen LogP contribution in [0, 0.1) is 17.7 Å². The third-order valence-corrected chi connectivity index (χ3v) is 4.76. The van der Waals surface area contributed by atoms with E-state index in [-0.39, 0.29) is 10.8 Å². The molecule has 1 aromatic carbocycles. The molecule has 1 aromatic rings. The van der Waals surface area contributed by atoms with Crippen LogP contribution in [0.1, 0.15) is 38.7 Å². The summed E-state index contributed by atoms with van der Waals surface area (Å²) in [5.41, 5.74) is 0.851. The van der Waals surface area contributed by atoms with Crippen LogP contribution >= 0.6 is 11.6 Å². The Kier molecular flexibility index (Phi) is 4.63.